The van der Waals surface area contributed by atoms with E-state index in [0.717, 1.165) is 6.07 Å². The van der Waals surface area contributed by atoms with Crippen LogP contribution in [0.2, 0.25) is 0 Å². The number of hydrogen-bond donors (Lipinski definition) is 2. The number of benzene rings is 1. The monoisotopic (exact) mass is 360 g/mol. The molecule has 0 bridgehead atoms. The van der Waals surface area contributed by atoms with Crippen LogP contribution in [0.15, 0.2) is 53.3 Å². The number of hydrogen-bond acceptors (Lipinski definition) is 4. The molecule has 0 aliphatic carbocycles. The SMILES string of the molecule is O=C(O)NC/C=C(\F)C(F)(F)S(=O)(=O)c1cccc2cccnc12. The molecule has 24 heavy (non-hydrogen) atoms. The van der Waals surface area contributed by atoms with Gasteiger partial charge in [-0.2, -0.15) is 8.78 Å². The summed E-state index contributed by atoms with van der Waals surface area (Å²) in [5.74, 6) is -2.27. The number of nitrogens with one attached hydrogen (secondary N) is 1. The fourth-order valence-electron chi connectivity index (χ4n) is 1.91. The molecule has 0 saturated carbocycles. The third kappa shape index (κ3) is 3.18. The Hall–Kier alpha value is -2.62. The van der Waals surface area contributed by atoms with E-state index in [1.165, 1.54) is 30.5 Å². The summed E-state index contributed by atoms with van der Waals surface area (Å²) in [4.78, 5) is 13.2. The molecule has 128 valence electrons. The van der Waals surface area contributed by atoms with Gasteiger partial charge in [-0.15, -0.1) is 0 Å². The van der Waals surface area contributed by atoms with Gasteiger partial charge < -0.3 is 10.4 Å². The van der Waals surface area contributed by atoms with E-state index < -0.39 is 38.5 Å². The van der Waals surface area contributed by atoms with E-state index in [1.807, 2.05) is 0 Å². The van der Waals surface area contributed by atoms with Crippen molar-refractivity contribution in [1.29, 1.82) is 0 Å². The number of alkyl halides is 2. The predicted molar refractivity (Wildman–Crippen MR) is 79.1 cm³/mol. The summed E-state index contributed by atoms with van der Waals surface area (Å²) >= 11 is 0. The summed E-state index contributed by atoms with van der Waals surface area (Å²) in [7, 11) is -5.43. The molecule has 0 aliphatic heterocycles. The summed E-state index contributed by atoms with van der Waals surface area (Å²) in [6.45, 7) is -0.805. The number of amides is 1. The second-order valence-electron chi connectivity index (χ2n) is 4.59. The van der Waals surface area contributed by atoms with E-state index in [0.29, 0.717) is 5.39 Å². The third-order valence-electron chi connectivity index (χ3n) is 3.04. The van der Waals surface area contributed by atoms with Gasteiger partial charge in [0.1, 0.15) is 0 Å². The van der Waals surface area contributed by atoms with Crippen molar-refractivity contribution < 1.29 is 31.5 Å². The molecular formula is C14H11F3N2O4S. The van der Waals surface area contributed by atoms with Gasteiger partial charge in [-0.25, -0.2) is 17.6 Å². The normalized spacial score (nSPS) is 13.0. The van der Waals surface area contributed by atoms with Crippen LogP contribution in [0.5, 0.6) is 0 Å². The van der Waals surface area contributed by atoms with Crippen LogP contribution in [-0.4, -0.2) is 36.4 Å². The summed E-state index contributed by atoms with van der Waals surface area (Å²) < 4.78 is 66.3. The van der Waals surface area contributed by atoms with E-state index in [9.17, 15) is 26.4 Å². The van der Waals surface area contributed by atoms with Crippen molar-refractivity contribution >= 4 is 26.8 Å². The molecule has 6 nitrogen and oxygen atoms in total. The number of halogens is 3. The number of nitrogens with zero attached hydrogens (tertiary/aromatic N) is 1. The van der Waals surface area contributed by atoms with E-state index in [1.54, 1.807) is 5.32 Å². The van der Waals surface area contributed by atoms with Crippen molar-refractivity contribution in [3.8, 4) is 0 Å². The Balaban J connectivity index is 2.49. The maximum Gasteiger partial charge on any atom is 0.404 e. The molecule has 10 heteroatoms. The van der Waals surface area contributed by atoms with Gasteiger partial charge >= 0.3 is 11.3 Å². The lowest BCUT2D eigenvalue weighted by Gasteiger charge is -2.16. The second-order valence-corrected chi connectivity index (χ2v) is 6.55. The average Bonchev–Trinajstić information content (AvgIpc) is 2.53. The van der Waals surface area contributed by atoms with Crippen LogP contribution in [0, 0.1) is 0 Å². The van der Waals surface area contributed by atoms with Crippen LogP contribution in [0.4, 0.5) is 18.0 Å². The van der Waals surface area contributed by atoms with Crippen molar-refractivity contribution in [3.63, 3.8) is 0 Å². The predicted octanol–water partition coefficient (Wildman–Crippen LogP) is 2.72. The Morgan fingerprint density at radius 1 is 1.29 bits per heavy atom. The molecule has 0 atom stereocenters. The molecule has 0 spiro atoms. The lowest BCUT2D eigenvalue weighted by molar-refractivity contribution is 0.105. The van der Waals surface area contributed by atoms with Crippen molar-refractivity contribution in [2.24, 2.45) is 0 Å². The first-order valence-corrected chi connectivity index (χ1v) is 7.95. The molecule has 0 unspecified atom stereocenters. The number of para-hydroxylation sites is 1. The number of carbonyl (C=O) groups is 1. The molecule has 1 aromatic heterocycles. The van der Waals surface area contributed by atoms with E-state index in [4.69, 9.17) is 5.11 Å². The molecule has 2 N–H and O–H groups in total. The molecule has 0 fully saturated rings. The topological polar surface area (TPSA) is 96.4 Å². The number of rotatable bonds is 5. The van der Waals surface area contributed by atoms with Gasteiger partial charge in [0.15, 0.2) is 5.83 Å². The minimum atomic E-state index is -5.43. The minimum Gasteiger partial charge on any atom is -0.465 e. The first-order valence-electron chi connectivity index (χ1n) is 6.47. The highest BCUT2D eigenvalue weighted by molar-refractivity contribution is 7.92. The Morgan fingerprint density at radius 2 is 1.96 bits per heavy atom. The maximum atomic E-state index is 14.1. The van der Waals surface area contributed by atoms with Crippen molar-refractivity contribution in [2.75, 3.05) is 6.54 Å². The molecule has 2 rings (SSSR count). The van der Waals surface area contributed by atoms with Gasteiger partial charge in [0.05, 0.1) is 10.4 Å². The Labute approximate surface area is 134 Å². The average molecular weight is 360 g/mol. The highest BCUT2D eigenvalue weighted by atomic mass is 32.2. The quantitative estimate of drug-likeness (QED) is 0.855. The molecule has 1 heterocycles. The Bertz CT molecular complexity index is 908. The molecule has 0 saturated heterocycles. The number of pyridine rings is 1. The zero-order valence-electron chi connectivity index (χ0n) is 11.9. The smallest absolute Gasteiger partial charge is 0.404 e. The summed E-state index contributed by atoms with van der Waals surface area (Å²) in [6.07, 6.45) is -0.185. The third-order valence-corrected chi connectivity index (χ3v) is 4.81. The Kier molecular flexibility index (Phi) is 4.78. The molecule has 0 aliphatic rings. The highest BCUT2D eigenvalue weighted by Crippen LogP contribution is 2.38. The van der Waals surface area contributed by atoms with E-state index in [-0.39, 0.29) is 11.6 Å². The van der Waals surface area contributed by atoms with Gasteiger partial charge in [0.25, 0.3) is 9.84 Å². The van der Waals surface area contributed by atoms with Crippen LogP contribution in [0.25, 0.3) is 10.9 Å². The maximum absolute atomic E-state index is 14.1. The van der Waals surface area contributed by atoms with Crippen LogP contribution in [-0.2, 0) is 9.84 Å². The molecule has 2 aromatic rings. The lowest BCUT2D eigenvalue weighted by atomic mass is 10.2. The number of sulfone groups is 1. The van der Waals surface area contributed by atoms with Gasteiger partial charge in [0, 0.05) is 18.1 Å². The fraction of sp³-hybridized carbons (Fsp3) is 0.143. The van der Waals surface area contributed by atoms with Gasteiger partial charge in [0.2, 0.25) is 0 Å². The number of aromatic nitrogens is 1. The molecule has 1 amide bonds. The van der Waals surface area contributed by atoms with Crippen molar-refractivity contribution in [1.82, 2.24) is 10.3 Å². The summed E-state index contributed by atoms with van der Waals surface area (Å²) in [6, 6.07) is 6.59. The van der Waals surface area contributed by atoms with E-state index >= 15 is 0 Å². The highest BCUT2D eigenvalue weighted by Gasteiger charge is 2.51. The van der Waals surface area contributed by atoms with Gasteiger partial charge in [-0.3, -0.25) is 4.98 Å². The van der Waals surface area contributed by atoms with Crippen LogP contribution < -0.4 is 5.32 Å². The molecular weight excluding hydrogens is 349 g/mol. The van der Waals surface area contributed by atoms with Crippen LogP contribution >= 0.6 is 0 Å². The van der Waals surface area contributed by atoms with Gasteiger partial charge in [-0.05, 0) is 18.2 Å². The lowest BCUT2D eigenvalue weighted by Crippen LogP contribution is -2.31. The van der Waals surface area contributed by atoms with Crippen LogP contribution in [0.1, 0.15) is 0 Å². The standard InChI is InChI=1S/C14H11F3N2O4S/c15-11(6-8-19-13(20)21)14(16,17)24(22,23)10-5-1-3-9-4-2-7-18-12(9)10/h1-7,19H,8H2,(H,20,21)/b11-6-. The van der Waals surface area contributed by atoms with Crippen LogP contribution in [0.3, 0.4) is 0 Å². The number of carboxylic acid groups (broad SMARTS) is 1. The summed E-state index contributed by atoms with van der Waals surface area (Å²) in [5, 5.41) is 5.37. The first-order chi connectivity index (χ1) is 11.2. The summed E-state index contributed by atoms with van der Waals surface area (Å²) in [5.41, 5.74) is -0.212. The molecule has 0 radical (unpaired) electrons. The number of fused-ring (bicyclic) bond motifs is 1. The Morgan fingerprint density at radius 3 is 2.62 bits per heavy atom. The second kappa shape index (κ2) is 6.48. The van der Waals surface area contributed by atoms with Crippen molar-refractivity contribution in [2.45, 2.75) is 10.2 Å². The van der Waals surface area contributed by atoms with Gasteiger partial charge in [-0.1, -0.05) is 18.2 Å². The largest absolute Gasteiger partial charge is 0.465 e. The zero-order valence-corrected chi connectivity index (χ0v) is 12.7. The molecule has 1 aromatic carbocycles. The van der Waals surface area contributed by atoms with E-state index in [2.05, 4.69) is 4.98 Å². The zero-order chi connectivity index (χ0) is 18.0. The first kappa shape index (κ1) is 17.7. The minimum absolute atomic E-state index is 0.157. The fourth-order valence-corrected chi connectivity index (χ4v) is 3.21. The van der Waals surface area contributed by atoms with Crippen molar-refractivity contribution in [3.05, 3.63) is 48.4 Å².